The van der Waals surface area contributed by atoms with Crippen molar-refractivity contribution < 1.29 is 4.79 Å². The summed E-state index contributed by atoms with van der Waals surface area (Å²) >= 11 is 0. The van der Waals surface area contributed by atoms with Crippen molar-refractivity contribution in [3.05, 3.63) is 29.3 Å². The number of hydrogen-bond acceptors (Lipinski definition) is 3. The summed E-state index contributed by atoms with van der Waals surface area (Å²) in [6, 6.07) is 6.22. The van der Waals surface area contributed by atoms with Crippen molar-refractivity contribution in [3.63, 3.8) is 0 Å². The molecule has 0 atom stereocenters. The lowest BCUT2D eigenvalue weighted by molar-refractivity contribution is 0.0535. The molecule has 1 fully saturated rings. The second-order valence-corrected chi connectivity index (χ2v) is 9.05. The van der Waals surface area contributed by atoms with Crippen molar-refractivity contribution in [2.75, 3.05) is 45.6 Å². The van der Waals surface area contributed by atoms with Gasteiger partial charge in [0.25, 0.3) is 5.91 Å². The SMILES string of the molecule is CN(C)CC(C)(C)C1CCN(C(=O)c2ccc3c(c2)CCCCN3)CC1. The number of likely N-dealkylation sites (tertiary alicyclic amines) is 1. The van der Waals surface area contributed by atoms with E-state index in [4.69, 9.17) is 0 Å². The molecule has 0 bridgehead atoms. The molecule has 0 spiro atoms. The molecule has 1 saturated heterocycles. The Kier molecular flexibility index (Phi) is 5.91. The van der Waals surface area contributed by atoms with Gasteiger partial charge in [0, 0.05) is 37.4 Å². The summed E-state index contributed by atoms with van der Waals surface area (Å²) in [5.74, 6) is 0.895. The highest BCUT2D eigenvalue weighted by molar-refractivity contribution is 5.95. The largest absolute Gasteiger partial charge is 0.385 e. The van der Waals surface area contributed by atoms with Gasteiger partial charge < -0.3 is 15.1 Å². The molecule has 144 valence electrons. The number of benzene rings is 1. The van der Waals surface area contributed by atoms with Gasteiger partial charge in [-0.1, -0.05) is 13.8 Å². The first-order chi connectivity index (χ1) is 12.4. The molecule has 1 aromatic rings. The van der Waals surface area contributed by atoms with Gasteiger partial charge in [0.05, 0.1) is 0 Å². The first-order valence-electron chi connectivity index (χ1n) is 10.2. The molecule has 0 aliphatic carbocycles. The Hall–Kier alpha value is -1.55. The molecule has 26 heavy (non-hydrogen) atoms. The fraction of sp³-hybridized carbons (Fsp3) is 0.682. The lowest BCUT2D eigenvalue weighted by Crippen LogP contribution is -2.44. The number of carbonyl (C=O) groups excluding carboxylic acids is 1. The van der Waals surface area contributed by atoms with Gasteiger partial charge in [0.15, 0.2) is 0 Å². The number of aryl methyl sites for hydroxylation is 1. The minimum atomic E-state index is 0.209. The summed E-state index contributed by atoms with van der Waals surface area (Å²) in [5.41, 5.74) is 3.67. The second kappa shape index (κ2) is 7.99. The van der Waals surface area contributed by atoms with Crippen LogP contribution in [0.4, 0.5) is 5.69 Å². The Balaban J connectivity index is 1.63. The number of fused-ring (bicyclic) bond motifs is 1. The van der Waals surface area contributed by atoms with E-state index in [1.54, 1.807) is 0 Å². The fourth-order valence-corrected chi connectivity index (χ4v) is 4.76. The number of nitrogens with zero attached hydrogens (tertiary/aromatic N) is 2. The predicted octanol–water partition coefficient (Wildman–Crippen LogP) is 3.87. The van der Waals surface area contributed by atoms with Gasteiger partial charge in [-0.25, -0.2) is 0 Å². The average molecular weight is 358 g/mol. The third kappa shape index (κ3) is 4.40. The minimum Gasteiger partial charge on any atom is -0.385 e. The number of amides is 1. The fourth-order valence-electron chi connectivity index (χ4n) is 4.76. The maximum atomic E-state index is 13.0. The second-order valence-electron chi connectivity index (χ2n) is 9.05. The van der Waals surface area contributed by atoms with Gasteiger partial charge in [-0.2, -0.15) is 0 Å². The number of hydrogen-bond donors (Lipinski definition) is 1. The van der Waals surface area contributed by atoms with Crippen molar-refractivity contribution in [2.45, 2.75) is 46.0 Å². The van der Waals surface area contributed by atoms with Crippen LogP contribution in [-0.2, 0) is 6.42 Å². The molecular formula is C22H35N3O. The van der Waals surface area contributed by atoms with E-state index in [0.29, 0.717) is 11.3 Å². The standard InChI is InChI=1S/C22H35N3O/c1-22(2,16-24(3)4)19-10-13-25(14-11-19)21(26)18-8-9-20-17(15-18)7-5-6-12-23-20/h8-9,15,19,23H,5-7,10-14,16H2,1-4H3. The van der Waals surface area contributed by atoms with Crippen LogP contribution in [0, 0.1) is 11.3 Å². The van der Waals surface area contributed by atoms with E-state index in [2.05, 4.69) is 55.2 Å². The highest BCUT2D eigenvalue weighted by atomic mass is 16.2. The van der Waals surface area contributed by atoms with Gasteiger partial charge in [-0.15, -0.1) is 0 Å². The monoisotopic (exact) mass is 357 g/mol. The highest BCUT2D eigenvalue weighted by Gasteiger charge is 2.34. The van der Waals surface area contributed by atoms with E-state index in [-0.39, 0.29) is 5.91 Å². The molecule has 0 unspecified atom stereocenters. The Morgan fingerprint density at radius 3 is 2.65 bits per heavy atom. The maximum Gasteiger partial charge on any atom is 0.253 e. The molecule has 0 saturated carbocycles. The smallest absolute Gasteiger partial charge is 0.253 e. The van der Waals surface area contributed by atoms with Gasteiger partial charge in [-0.3, -0.25) is 4.79 Å². The summed E-state index contributed by atoms with van der Waals surface area (Å²) in [4.78, 5) is 17.3. The van der Waals surface area contributed by atoms with E-state index < -0.39 is 0 Å². The van der Waals surface area contributed by atoms with E-state index in [1.807, 2.05) is 6.07 Å². The number of piperidine rings is 1. The van der Waals surface area contributed by atoms with Crippen LogP contribution in [0.5, 0.6) is 0 Å². The van der Waals surface area contributed by atoms with Crippen LogP contribution in [0.1, 0.15) is 55.5 Å². The first-order valence-corrected chi connectivity index (χ1v) is 10.2. The van der Waals surface area contributed by atoms with E-state index >= 15 is 0 Å². The predicted molar refractivity (Wildman–Crippen MR) is 109 cm³/mol. The molecule has 2 aliphatic rings. The summed E-state index contributed by atoms with van der Waals surface area (Å²) in [6.07, 6.45) is 5.70. The summed E-state index contributed by atoms with van der Waals surface area (Å²) in [5, 5.41) is 3.48. The van der Waals surface area contributed by atoms with Crippen molar-refractivity contribution >= 4 is 11.6 Å². The average Bonchev–Trinajstić information content (AvgIpc) is 2.85. The maximum absolute atomic E-state index is 13.0. The Morgan fingerprint density at radius 1 is 1.23 bits per heavy atom. The number of rotatable bonds is 4. The Bertz CT molecular complexity index is 630. The van der Waals surface area contributed by atoms with Crippen molar-refractivity contribution in [3.8, 4) is 0 Å². The van der Waals surface area contributed by atoms with Crippen LogP contribution in [0.15, 0.2) is 18.2 Å². The zero-order valence-corrected chi connectivity index (χ0v) is 17.0. The molecule has 0 radical (unpaired) electrons. The summed E-state index contributed by atoms with van der Waals surface area (Å²) in [6.45, 7) is 8.65. The Labute approximate surface area is 158 Å². The molecule has 3 rings (SSSR count). The van der Waals surface area contributed by atoms with Gasteiger partial charge >= 0.3 is 0 Å². The van der Waals surface area contributed by atoms with Gasteiger partial charge in [0.2, 0.25) is 0 Å². The molecule has 4 nitrogen and oxygen atoms in total. The molecule has 0 aromatic heterocycles. The van der Waals surface area contributed by atoms with Gasteiger partial charge in [-0.05, 0) is 81.3 Å². The van der Waals surface area contributed by atoms with Crippen LogP contribution in [0.25, 0.3) is 0 Å². The molecule has 2 heterocycles. The molecule has 2 aliphatic heterocycles. The van der Waals surface area contributed by atoms with Crippen LogP contribution >= 0.6 is 0 Å². The quantitative estimate of drug-likeness (QED) is 0.888. The lowest BCUT2D eigenvalue weighted by atomic mass is 9.73. The molecule has 1 amide bonds. The highest BCUT2D eigenvalue weighted by Crippen LogP contribution is 2.36. The normalized spacial score (nSPS) is 19.0. The molecular weight excluding hydrogens is 322 g/mol. The third-order valence-electron chi connectivity index (χ3n) is 6.15. The topological polar surface area (TPSA) is 35.6 Å². The van der Waals surface area contributed by atoms with Crippen LogP contribution in [0.3, 0.4) is 0 Å². The minimum absolute atomic E-state index is 0.209. The Morgan fingerprint density at radius 2 is 1.96 bits per heavy atom. The van der Waals surface area contributed by atoms with Crippen molar-refractivity contribution in [2.24, 2.45) is 11.3 Å². The number of anilines is 1. The zero-order valence-electron chi connectivity index (χ0n) is 17.0. The van der Waals surface area contributed by atoms with Gasteiger partial charge in [0.1, 0.15) is 0 Å². The van der Waals surface area contributed by atoms with E-state index in [0.717, 1.165) is 51.0 Å². The number of nitrogens with one attached hydrogen (secondary N) is 1. The molecule has 4 heteroatoms. The lowest BCUT2D eigenvalue weighted by Gasteiger charge is -2.42. The number of carbonyl (C=O) groups is 1. The molecule has 1 N–H and O–H groups in total. The zero-order chi connectivity index (χ0) is 18.7. The van der Waals surface area contributed by atoms with Crippen LogP contribution in [0.2, 0.25) is 0 Å². The van der Waals surface area contributed by atoms with Crippen LogP contribution in [-0.4, -0.2) is 56.0 Å². The van der Waals surface area contributed by atoms with E-state index in [9.17, 15) is 4.79 Å². The molecule has 1 aromatic carbocycles. The van der Waals surface area contributed by atoms with Crippen molar-refractivity contribution in [1.29, 1.82) is 0 Å². The van der Waals surface area contributed by atoms with Crippen molar-refractivity contribution in [1.82, 2.24) is 9.80 Å². The summed E-state index contributed by atoms with van der Waals surface area (Å²) < 4.78 is 0. The van der Waals surface area contributed by atoms with E-state index in [1.165, 1.54) is 24.1 Å². The van der Waals surface area contributed by atoms with Crippen LogP contribution < -0.4 is 5.32 Å². The first kappa shape index (κ1) is 19.2. The third-order valence-corrected chi connectivity index (χ3v) is 6.15. The summed E-state index contributed by atoms with van der Waals surface area (Å²) in [7, 11) is 4.29.